The molecule has 1 amide bonds. The van der Waals surface area contributed by atoms with Crippen molar-refractivity contribution < 1.29 is 14.4 Å². The first-order valence-electron chi connectivity index (χ1n) is 7.09. The Hall–Kier alpha value is -1.45. The maximum Gasteiger partial charge on any atom is 0.237 e. The minimum atomic E-state index is -1.09. The Balaban J connectivity index is 1.92. The zero-order chi connectivity index (χ0) is 13.6. The van der Waals surface area contributed by atoms with Gasteiger partial charge in [-0.3, -0.25) is 14.4 Å². The van der Waals surface area contributed by atoms with Crippen LogP contribution in [0.3, 0.4) is 0 Å². The Morgan fingerprint density at radius 2 is 1.89 bits per heavy atom. The van der Waals surface area contributed by atoms with Crippen molar-refractivity contribution in [2.75, 3.05) is 13.1 Å². The van der Waals surface area contributed by atoms with Gasteiger partial charge < -0.3 is 4.90 Å². The summed E-state index contributed by atoms with van der Waals surface area (Å²) in [5.74, 6) is -0.344. The zero-order valence-corrected chi connectivity index (χ0v) is 11.1. The van der Waals surface area contributed by atoms with Gasteiger partial charge >= 0.3 is 0 Å². The average molecular weight is 261 g/mol. The van der Waals surface area contributed by atoms with Crippen LogP contribution in [0.25, 0.3) is 0 Å². The highest BCUT2D eigenvalue weighted by Crippen LogP contribution is 2.51. The normalized spacial score (nSPS) is 34.8. The largest absolute Gasteiger partial charge is 0.342 e. The first-order valence-corrected chi connectivity index (χ1v) is 7.09. The van der Waals surface area contributed by atoms with Crippen LogP contribution in [0.1, 0.15) is 38.5 Å². The molecular formula is C15H19NO3. The first-order chi connectivity index (χ1) is 9.04. The van der Waals surface area contributed by atoms with E-state index in [1.54, 1.807) is 4.90 Å². The highest BCUT2D eigenvalue weighted by atomic mass is 16.2. The number of amides is 1. The monoisotopic (exact) mass is 261 g/mol. The van der Waals surface area contributed by atoms with Crippen LogP contribution in [0.15, 0.2) is 12.2 Å². The Labute approximate surface area is 112 Å². The molecule has 0 spiro atoms. The van der Waals surface area contributed by atoms with E-state index in [0.717, 1.165) is 32.4 Å². The molecule has 0 aromatic heterocycles. The number of Topliss-reactive ketones (excluding diaryl/α,β-unsaturated/α-hetero) is 2. The Kier molecular flexibility index (Phi) is 2.84. The van der Waals surface area contributed by atoms with Gasteiger partial charge in [0, 0.05) is 25.9 Å². The molecule has 0 aromatic carbocycles. The number of hydrogen-bond donors (Lipinski definition) is 0. The fraction of sp³-hybridized carbons (Fsp3) is 0.667. The standard InChI is InChI=1S/C15H19NO3/c1-10-11-7-12(17)9-15(8-11,13(10)18)14(19)16-5-3-2-4-6-16/h11H,1-9H2/t11-,15?/m1/s1. The number of carbonyl (C=O) groups is 3. The molecule has 2 bridgehead atoms. The van der Waals surface area contributed by atoms with Crippen molar-refractivity contribution in [1.82, 2.24) is 4.90 Å². The van der Waals surface area contributed by atoms with Crippen molar-refractivity contribution in [3.05, 3.63) is 12.2 Å². The molecule has 0 N–H and O–H groups in total. The number of nitrogens with zero attached hydrogens (tertiary/aromatic N) is 1. The molecule has 2 aliphatic carbocycles. The summed E-state index contributed by atoms with van der Waals surface area (Å²) < 4.78 is 0. The van der Waals surface area contributed by atoms with Crippen LogP contribution in [-0.4, -0.2) is 35.5 Å². The minimum Gasteiger partial charge on any atom is -0.342 e. The van der Waals surface area contributed by atoms with Gasteiger partial charge in [0.05, 0.1) is 0 Å². The molecule has 19 heavy (non-hydrogen) atoms. The minimum absolute atomic E-state index is 0.0357. The van der Waals surface area contributed by atoms with Gasteiger partial charge in [0.1, 0.15) is 11.2 Å². The lowest BCUT2D eigenvalue weighted by Gasteiger charge is -2.36. The summed E-state index contributed by atoms with van der Waals surface area (Å²) >= 11 is 0. The van der Waals surface area contributed by atoms with Crippen LogP contribution < -0.4 is 0 Å². The van der Waals surface area contributed by atoms with E-state index in [1.165, 1.54) is 0 Å². The molecule has 1 saturated heterocycles. The van der Waals surface area contributed by atoms with Crippen molar-refractivity contribution in [3.8, 4) is 0 Å². The molecule has 3 fully saturated rings. The molecule has 3 rings (SSSR count). The van der Waals surface area contributed by atoms with E-state index in [1.807, 2.05) is 0 Å². The predicted molar refractivity (Wildman–Crippen MR) is 69.4 cm³/mol. The van der Waals surface area contributed by atoms with Crippen LogP contribution in [-0.2, 0) is 14.4 Å². The number of rotatable bonds is 1. The summed E-state index contributed by atoms with van der Waals surface area (Å²) in [7, 11) is 0. The number of fused-ring (bicyclic) bond motifs is 2. The van der Waals surface area contributed by atoms with Crippen molar-refractivity contribution in [2.24, 2.45) is 11.3 Å². The Morgan fingerprint density at radius 1 is 1.21 bits per heavy atom. The number of piperidine rings is 1. The van der Waals surface area contributed by atoms with E-state index >= 15 is 0 Å². The third-order valence-electron chi connectivity index (χ3n) is 4.84. The van der Waals surface area contributed by atoms with Crippen molar-refractivity contribution in [3.63, 3.8) is 0 Å². The van der Waals surface area contributed by atoms with E-state index in [0.29, 0.717) is 18.4 Å². The predicted octanol–water partition coefficient (Wildman–Crippen LogP) is 1.49. The van der Waals surface area contributed by atoms with E-state index in [4.69, 9.17) is 0 Å². The van der Waals surface area contributed by atoms with Gasteiger partial charge in [-0.15, -0.1) is 0 Å². The SMILES string of the molecule is C=C1C(=O)C2(C(=O)N3CCCCC3)CC(=O)C[C@@H]1C2. The molecule has 1 unspecified atom stereocenters. The molecular weight excluding hydrogens is 242 g/mol. The lowest BCUT2D eigenvalue weighted by molar-refractivity contribution is -0.152. The molecule has 3 aliphatic rings. The molecule has 0 aromatic rings. The highest BCUT2D eigenvalue weighted by molar-refractivity contribution is 6.19. The fourth-order valence-electron chi connectivity index (χ4n) is 3.82. The molecule has 0 radical (unpaired) electrons. The highest BCUT2D eigenvalue weighted by Gasteiger charge is 2.59. The molecule has 4 heteroatoms. The number of ketones is 2. The smallest absolute Gasteiger partial charge is 0.237 e. The van der Waals surface area contributed by atoms with Crippen LogP contribution >= 0.6 is 0 Å². The van der Waals surface area contributed by atoms with E-state index < -0.39 is 5.41 Å². The molecule has 102 valence electrons. The lowest BCUT2D eigenvalue weighted by Crippen LogP contribution is -2.50. The Bertz CT molecular complexity index is 476. The molecule has 2 saturated carbocycles. The van der Waals surface area contributed by atoms with Gasteiger partial charge in [-0.05, 0) is 37.2 Å². The van der Waals surface area contributed by atoms with Gasteiger partial charge in [0.15, 0.2) is 5.78 Å². The lowest BCUT2D eigenvalue weighted by atomic mass is 9.73. The van der Waals surface area contributed by atoms with Gasteiger partial charge in [0.2, 0.25) is 5.91 Å². The molecule has 4 nitrogen and oxygen atoms in total. The van der Waals surface area contributed by atoms with Crippen molar-refractivity contribution in [1.29, 1.82) is 0 Å². The molecule has 1 heterocycles. The summed E-state index contributed by atoms with van der Waals surface area (Å²) in [6.07, 6.45) is 4.11. The Morgan fingerprint density at radius 3 is 2.58 bits per heavy atom. The van der Waals surface area contributed by atoms with Gasteiger partial charge in [0.25, 0.3) is 0 Å². The van der Waals surface area contributed by atoms with E-state index in [9.17, 15) is 14.4 Å². The topological polar surface area (TPSA) is 54.5 Å². The van der Waals surface area contributed by atoms with Crippen LogP contribution in [0, 0.1) is 11.3 Å². The maximum atomic E-state index is 12.7. The third-order valence-corrected chi connectivity index (χ3v) is 4.84. The molecule has 1 aliphatic heterocycles. The first kappa shape index (κ1) is 12.6. The van der Waals surface area contributed by atoms with Gasteiger partial charge in [-0.25, -0.2) is 0 Å². The molecule has 2 atom stereocenters. The zero-order valence-electron chi connectivity index (χ0n) is 11.1. The maximum absolute atomic E-state index is 12.7. The van der Waals surface area contributed by atoms with Crippen LogP contribution in [0.2, 0.25) is 0 Å². The number of hydrogen-bond acceptors (Lipinski definition) is 3. The van der Waals surface area contributed by atoms with Crippen LogP contribution in [0.5, 0.6) is 0 Å². The summed E-state index contributed by atoms with van der Waals surface area (Å²) in [4.78, 5) is 38.8. The van der Waals surface area contributed by atoms with Crippen molar-refractivity contribution >= 4 is 17.5 Å². The second kappa shape index (κ2) is 4.29. The summed E-state index contributed by atoms with van der Waals surface area (Å²) in [6, 6.07) is 0. The number of likely N-dealkylation sites (tertiary alicyclic amines) is 1. The summed E-state index contributed by atoms with van der Waals surface area (Å²) in [6.45, 7) is 5.26. The van der Waals surface area contributed by atoms with Crippen LogP contribution in [0.4, 0.5) is 0 Å². The number of allylic oxidation sites excluding steroid dienone is 1. The van der Waals surface area contributed by atoms with Gasteiger partial charge in [-0.1, -0.05) is 6.58 Å². The summed E-state index contributed by atoms with van der Waals surface area (Å²) in [5.41, 5.74) is -0.592. The number of carbonyl (C=O) groups excluding carboxylic acids is 3. The van der Waals surface area contributed by atoms with Crippen molar-refractivity contribution in [2.45, 2.75) is 38.5 Å². The van der Waals surface area contributed by atoms with Gasteiger partial charge in [-0.2, -0.15) is 0 Å². The third kappa shape index (κ3) is 1.77. The average Bonchev–Trinajstić information content (AvgIpc) is 2.61. The second-order valence-corrected chi connectivity index (χ2v) is 6.11. The quantitative estimate of drug-likeness (QED) is 0.531. The van der Waals surface area contributed by atoms with E-state index in [2.05, 4.69) is 6.58 Å². The second-order valence-electron chi connectivity index (χ2n) is 6.11. The van der Waals surface area contributed by atoms with E-state index in [-0.39, 0.29) is 29.8 Å². The fourth-order valence-corrected chi connectivity index (χ4v) is 3.82. The summed E-state index contributed by atoms with van der Waals surface area (Å²) in [5, 5.41) is 0.